The summed E-state index contributed by atoms with van der Waals surface area (Å²) < 4.78 is 10.1. The molecular weight excluding hydrogens is 282 g/mol. The highest BCUT2D eigenvalue weighted by atomic mass is 16.5. The molecular formula is C17H21NO4. The van der Waals surface area contributed by atoms with Crippen LogP contribution in [0.1, 0.15) is 42.7 Å². The van der Waals surface area contributed by atoms with Crippen LogP contribution in [0.4, 0.5) is 0 Å². The van der Waals surface area contributed by atoms with E-state index in [2.05, 4.69) is 10.1 Å². The van der Waals surface area contributed by atoms with Crippen LogP contribution in [0.5, 0.6) is 0 Å². The Balaban J connectivity index is 1.64. The van der Waals surface area contributed by atoms with Gasteiger partial charge in [-0.15, -0.1) is 0 Å². The summed E-state index contributed by atoms with van der Waals surface area (Å²) in [5.41, 5.74) is 0.718. The van der Waals surface area contributed by atoms with Gasteiger partial charge >= 0.3 is 5.97 Å². The van der Waals surface area contributed by atoms with Crippen molar-refractivity contribution in [2.45, 2.75) is 32.1 Å². The van der Waals surface area contributed by atoms with Crippen molar-refractivity contribution in [2.75, 3.05) is 13.7 Å². The average molecular weight is 303 g/mol. The molecule has 0 aliphatic carbocycles. The molecule has 2 aromatic rings. The Labute approximate surface area is 129 Å². The summed E-state index contributed by atoms with van der Waals surface area (Å²) in [6.45, 7) is 0.605. The molecule has 5 heteroatoms. The summed E-state index contributed by atoms with van der Waals surface area (Å²) in [5.74, 6) is -0.0177. The van der Waals surface area contributed by atoms with Gasteiger partial charge in [-0.05, 0) is 25.0 Å². The number of methoxy groups -OCH3 is 1. The number of amides is 1. The zero-order valence-electron chi connectivity index (χ0n) is 12.8. The molecule has 0 aliphatic heterocycles. The number of benzene rings is 1. The van der Waals surface area contributed by atoms with Crippen LogP contribution in [0, 0.1) is 0 Å². The molecule has 1 N–H and O–H groups in total. The van der Waals surface area contributed by atoms with Crippen LogP contribution < -0.4 is 5.32 Å². The first-order valence-electron chi connectivity index (χ1n) is 7.54. The lowest BCUT2D eigenvalue weighted by Gasteiger charge is -2.03. The zero-order chi connectivity index (χ0) is 15.8. The van der Waals surface area contributed by atoms with Crippen molar-refractivity contribution in [1.82, 2.24) is 5.32 Å². The van der Waals surface area contributed by atoms with Gasteiger partial charge in [-0.1, -0.05) is 31.0 Å². The highest BCUT2D eigenvalue weighted by Gasteiger charge is 2.11. The van der Waals surface area contributed by atoms with Gasteiger partial charge in [0, 0.05) is 18.4 Å². The third kappa shape index (κ3) is 4.62. The van der Waals surface area contributed by atoms with Gasteiger partial charge < -0.3 is 14.5 Å². The highest BCUT2D eigenvalue weighted by molar-refractivity contribution is 5.95. The number of para-hydroxylation sites is 1. The van der Waals surface area contributed by atoms with Crippen LogP contribution in [0.3, 0.4) is 0 Å². The molecule has 2 rings (SSSR count). The van der Waals surface area contributed by atoms with Gasteiger partial charge in [-0.3, -0.25) is 9.59 Å². The number of unbranched alkanes of at least 4 members (excludes halogenated alkanes) is 3. The van der Waals surface area contributed by atoms with Crippen LogP contribution >= 0.6 is 0 Å². The van der Waals surface area contributed by atoms with Gasteiger partial charge in [-0.2, -0.15) is 0 Å². The van der Waals surface area contributed by atoms with E-state index in [0.717, 1.165) is 36.7 Å². The summed E-state index contributed by atoms with van der Waals surface area (Å²) in [6, 6.07) is 9.29. The van der Waals surface area contributed by atoms with Crippen molar-refractivity contribution >= 4 is 22.8 Å². The van der Waals surface area contributed by atoms with Crippen LogP contribution in [0.2, 0.25) is 0 Å². The third-order valence-electron chi connectivity index (χ3n) is 3.47. The maximum absolute atomic E-state index is 12.0. The maximum atomic E-state index is 12.0. The van der Waals surface area contributed by atoms with E-state index in [9.17, 15) is 9.59 Å². The molecule has 0 saturated carbocycles. The van der Waals surface area contributed by atoms with E-state index in [1.807, 2.05) is 24.3 Å². The number of fused-ring (bicyclic) bond motifs is 1. The first kappa shape index (κ1) is 16.1. The van der Waals surface area contributed by atoms with E-state index in [4.69, 9.17) is 4.42 Å². The lowest BCUT2D eigenvalue weighted by Crippen LogP contribution is -2.23. The van der Waals surface area contributed by atoms with Crippen molar-refractivity contribution in [2.24, 2.45) is 0 Å². The maximum Gasteiger partial charge on any atom is 0.305 e. The molecule has 1 amide bonds. The molecule has 1 aromatic carbocycles. The number of esters is 1. The predicted octanol–water partition coefficient (Wildman–Crippen LogP) is 3.29. The zero-order valence-corrected chi connectivity index (χ0v) is 12.8. The molecule has 0 fully saturated rings. The van der Waals surface area contributed by atoms with Crippen molar-refractivity contribution in [1.29, 1.82) is 0 Å². The Hall–Kier alpha value is -2.30. The molecule has 0 aliphatic rings. The number of nitrogens with one attached hydrogen (secondary N) is 1. The van der Waals surface area contributed by atoms with Crippen LogP contribution in [0.25, 0.3) is 11.0 Å². The second-order valence-corrected chi connectivity index (χ2v) is 5.14. The molecule has 0 radical (unpaired) electrons. The fraction of sp³-hybridized carbons (Fsp3) is 0.412. The van der Waals surface area contributed by atoms with Gasteiger partial charge in [-0.25, -0.2) is 0 Å². The van der Waals surface area contributed by atoms with Crippen LogP contribution in [-0.4, -0.2) is 25.5 Å². The number of carbonyl (C=O) groups excluding carboxylic acids is 2. The van der Waals surface area contributed by atoms with Gasteiger partial charge in [0.2, 0.25) is 0 Å². The minimum atomic E-state index is -0.189. The SMILES string of the molecule is COC(=O)CCCCCCNC(=O)c1cc2ccccc2o1. The van der Waals surface area contributed by atoms with E-state index in [1.54, 1.807) is 6.07 Å². The van der Waals surface area contributed by atoms with E-state index in [1.165, 1.54) is 7.11 Å². The second kappa shape index (κ2) is 8.22. The van der Waals surface area contributed by atoms with E-state index >= 15 is 0 Å². The van der Waals surface area contributed by atoms with E-state index < -0.39 is 0 Å². The highest BCUT2D eigenvalue weighted by Crippen LogP contribution is 2.18. The molecule has 118 valence electrons. The Morgan fingerprint density at radius 3 is 2.68 bits per heavy atom. The van der Waals surface area contributed by atoms with E-state index in [-0.39, 0.29) is 11.9 Å². The first-order chi connectivity index (χ1) is 10.7. The molecule has 0 saturated heterocycles. The molecule has 22 heavy (non-hydrogen) atoms. The Morgan fingerprint density at radius 1 is 1.14 bits per heavy atom. The Morgan fingerprint density at radius 2 is 1.91 bits per heavy atom. The number of ether oxygens (including phenoxy) is 1. The lowest BCUT2D eigenvalue weighted by molar-refractivity contribution is -0.140. The summed E-state index contributed by atoms with van der Waals surface area (Å²) >= 11 is 0. The minimum Gasteiger partial charge on any atom is -0.469 e. The average Bonchev–Trinajstić information content (AvgIpc) is 2.97. The molecule has 0 unspecified atom stereocenters. The summed E-state index contributed by atoms with van der Waals surface area (Å²) in [7, 11) is 1.40. The molecule has 0 spiro atoms. The quantitative estimate of drug-likeness (QED) is 0.600. The lowest BCUT2D eigenvalue weighted by atomic mass is 10.1. The normalized spacial score (nSPS) is 10.6. The van der Waals surface area contributed by atoms with Gasteiger partial charge in [0.15, 0.2) is 5.76 Å². The topological polar surface area (TPSA) is 68.5 Å². The van der Waals surface area contributed by atoms with Crippen molar-refractivity contribution < 1.29 is 18.7 Å². The van der Waals surface area contributed by atoms with Crippen molar-refractivity contribution in [3.63, 3.8) is 0 Å². The van der Waals surface area contributed by atoms with Gasteiger partial charge in [0.1, 0.15) is 5.58 Å². The van der Waals surface area contributed by atoms with Crippen LogP contribution in [0.15, 0.2) is 34.7 Å². The number of furan rings is 1. The molecule has 0 bridgehead atoms. The Kier molecular flexibility index (Phi) is 6.01. The van der Waals surface area contributed by atoms with Crippen LogP contribution in [-0.2, 0) is 9.53 Å². The van der Waals surface area contributed by atoms with Gasteiger partial charge in [0.05, 0.1) is 7.11 Å². The molecule has 1 aromatic heterocycles. The molecule has 0 atom stereocenters. The fourth-order valence-electron chi connectivity index (χ4n) is 2.23. The Bertz CT molecular complexity index is 599. The molecule has 1 heterocycles. The van der Waals surface area contributed by atoms with Crippen molar-refractivity contribution in [3.05, 3.63) is 36.1 Å². The summed E-state index contributed by atoms with van der Waals surface area (Å²) in [4.78, 5) is 22.9. The number of hydrogen-bond acceptors (Lipinski definition) is 4. The monoisotopic (exact) mass is 303 g/mol. The molecule has 5 nitrogen and oxygen atoms in total. The summed E-state index contributed by atoms with van der Waals surface area (Å²) in [6.07, 6.45) is 4.09. The fourth-order valence-corrected chi connectivity index (χ4v) is 2.23. The van der Waals surface area contributed by atoms with Gasteiger partial charge in [0.25, 0.3) is 5.91 Å². The van der Waals surface area contributed by atoms with E-state index in [0.29, 0.717) is 18.7 Å². The second-order valence-electron chi connectivity index (χ2n) is 5.14. The number of hydrogen-bond donors (Lipinski definition) is 1. The predicted molar refractivity (Wildman–Crippen MR) is 83.6 cm³/mol. The standard InChI is InChI=1S/C17H21NO4/c1-21-16(19)10-4-2-3-7-11-18-17(20)15-12-13-8-5-6-9-14(13)22-15/h5-6,8-9,12H,2-4,7,10-11H2,1H3,(H,18,20). The summed E-state index contributed by atoms with van der Waals surface area (Å²) in [5, 5.41) is 3.77. The number of carbonyl (C=O) groups is 2. The third-order valence-corrected chi connectivity index (χ3v) is 3.47. The minimum absolute atomic E-state index is 0.168. The largest absolute Gasteiger partial charge is 0.469 e. The van der Waals surface area contributed by atoms with Crippen molar-refractivity contribution in [3.8, 4) is 0 Å². The first-order valence-corrected chi connectivity index (χ1v) is 7.54. The smallest absolute Gasteiger partial charge is 0.305 e. The number of rotatable bonds is 8.